The lowest BCUT2D eigenvalue weighted by Crippen LogP contribution is -2.13. The second-order valence-corrected chi connectivity index (χ2v) is 4.57. The molecule has 1 amide bonds. The first-order valence-corrected chi connectivity index (χ1v) is 6.71. The van der Waals surface area contributed by atoms with Gasteiger partial charge in [0, 0.05) is 5.56 Å². The number of amides is 1. The molecule has 3 aromatic rings. The van der Waals surface area contributed by atoms with E-state index in [4.69, 9.17) is 9.15 Å². The maximum Gasteiger partial charge on any atom is 0.313 e. The highest BCUT2D eigenvalue weighted by molar-refractivity contribution is 6.01. The van der Waals surface area contributed by atoms with E-state index in [9.17, 15) is 9.18 Å². The van der Waals surface area contributed by atoms with Crippen LogP contribution >= 0.6 is 0 Å². The average Bonchev–Trinajstić information content (AvgIpc) is 3.06. The molecule has 3 rings (SSSR count). The molecule has 23 heavy (non-hydrogen) atoms. The second-order valence-electron chi connectivity index (χ2n) is 4.57. The third-order valence-electron chi connectivity index (χ3n) is 3.07. The Hall–Kier alpha value is -3.22. The third-order valence-corrected chi connectivity index (χ3v) is 3.07. The van der Waals surface area contributed by atoms with Crippen molar-refractivity contribution in [3.05, 3.63) is 60.2 Å². The summed E-state index contributed by atoms with van der Waals surface area (Å²) in [7, 11) is 1.50. The van der Waals surface area contributed by atoms with E-state index in [0.717, 1.165) is 0 Å². The van der Waals surface area contributed by atoms with Gasteiger partial charge in [-0.15, -0.1) is 10.2 Å². The SMILES string of the molecule is COc1ccccc1NC(=O)c1nnc(-c2ccc(F)cc2)o1. The number of nitrogens with zero attached hydrogens (tertiary/aromatic N) is 2. The molecule has 0 saturated carbocycles. The number of nitrogens with one attached hydrogen (secondary N) is 1. The van der Waals surface area contributed by atoms with Crippen molar-refractivity contribution in [3.63, 3.8) is 0 Å². The van der Waals surface area contributed by atoms with E-state index in [1.54, 1.807) is 24.3 Å². The first-order valence-electron chi connectivity index (χ1n) is 6.71. The number of ether oxygens (including phenoxy) is 1. The number of para-hydroxylation sites is 2. The number of aromatic nitrogens is 2. The molecule has 0 unspecified atom stereocenters. The topological polar surface area (TPSA) is 77.2 Å². The number of benzene rings is 2. The fourth-order valence-electron chi connectivity index (χ4n) is 1.95. The van der Waals surface area contributed by atoms with Crippen LogP contribution in [0.3, 0.4) is 0 Å². The largest absolute Gasteiger partial charge is 0.495 e. The van der Waals surface area contributed by atoms with Crippen LogP contribution in [0.15, 0.2) is 52.9 Å². The fraction of sp³-hybridized carbons (Fsp3) is 0.0625. The molecule has 0 bridgehead atoms. The minimum atomic E-state index is -0.560. The zero-order valence-corrected chi connectivity index (χ0v) is 12.1. The predicted octanol–water partition coefficient (Wildman–Crippen LogP) is 3.14. The van der Waals surface area contributed by atoms with Gasteiger partial charge in [-0.1, -0.05) is 12.1 Å². The normalized spacial score (nSPS) is 10.3. The lowest BCUT2D eigenvalue weighted by Gasteiger charge is -2.07. The molecular weight excluding hydrogens is 301 g/mol. The van der Waals surface area contributed by atoms with Gasteiger partial charge in [-0.05, 0) is 36.4 Å². The zero-order valence-electron chi connectivity index (χ0n) is 12.1. The Labute approximate surface area is 130 Å². The highest BCUT2D eigenvalue weighted by atomic mass is 19.1. The molecule has 0 aliphatic rings. The molecule has 0 atom stereocenters. The number of methoxy groups -OCH3 is 1. The molecular formula is C16H12FN3O3. The molecule has 0 spiro atoms. The summed E-state index contributed by atoms with van der Waals surface area (Å²) in [4.78, 5) is 12.2. The lowest BCUT2D eigenvalue weighted by molar-refractivity contribution is 0.0990. The first kappa shape index (κ1) is 14.7. The van der Waals surface area contributed by atoms with Crippen molar-refractivity contribution in [2.45, 2.75) is 0 Å². The Bertz CT molecular complexity index is 831. The van der Waals surface area contributed by atoms with E-state index in [1.807, 2.05) is 0 Å². The number of rotatable bonds is 4. The standard InChI is InChI=1S/C16H12FN3O3/c1-22-13-5-3-2-4-12(13)18-14(21)16-20-19-15(23-16)10-6-8-11(17)9-7-10/h2-9H,1H3,(H,18,21). The molecule has 0 radical (unpaired) electrons. The molecule has 2 aromatic carbocycles. The lowest BCUT2D eigenvalue weighted by atomic mass is 10.2. The zero-order chi connectivity index (χ0) is 16.2. The van der Waals surface area contributed by atoms with Gasteiger partial charge in [0.15, 0.2) is 0 Å². The fourth-order valence-corrected chi connectivity index (χ4v) is 1.95. The summed E-state index contributed by atoms with van der Waals surface area (Å²) in [6, 6.07) is 12.5. The van der Waals surface area contributed by atoms with Crippen molar-refractivity contribution in [3.8, 4) is 17.2 Å². The van der Waals surface area contributed by atoms with E-state index < -0.39 is 5.91 Å². The van der Waals surface area contributed by atoms with Gasteiger partial charge in [-0.25, -0.2) is 4.39 Å². The predicted molar refractivity (Wildman–Crippen MR) is 80.6 cm³/mol. The smallest absolute Gasteiger partial charge is 0.313 e. The number of hydrogen-bond donors (Lipinski definition) is 1. The van der Waals surface area contributed by atoms with Crippen molar-refractivity contribution in [2.24, 2.45) is 0 Å². The Morgan fingerprint density at radius 3 is 2.61 bits per heavy atom. The van der Waals surface area contributed by atoms with Gasteiger partial charge < -0.3 is 14.5 Å². The molecule has 116 valence electrons. The summed E-state index contributed by atoms with van der Waals surface area (Å²) >= 11 is 0. The van der Waals surface area contributed by atoms with E-state index in [0.29, 0.717) is 17.0 Å². The molecule has 1 aromatic heterocycles. The minimum absolute atomic E-state index is 0.134. The molecule has 0 fully saturated rings. The van der Waals surface area contributed by atoms with Crippen LogP contribution in [0.25, 0.3) is 11.5 Å². The number of carbonyl (C=O) groups excluding carboxylic acids is 1. The van der Waals surface area contributed by atoms with Crippen LogP contribution in [0, 0.1) is 5.82 Å². The van der Waals surface area contributed by atoms with Gasteiger partial charge in [-0.2, -0.15) is 0 Å². The minimum Gasteiger partial charge on any atom is -0.495 e. The average molecular weight is 313 g/mol. The van der Waals surface area contributed by atoms with Gasteiger partial charge in [0.05, 0.1) is 12.8 Å². The summed E-state index contributed by atoms with van der Waals surface area (Å²) in [6.45, 7) is 0. The molecule has 0 aliphatic carbocycles. The van der Waals surface area contributed by atoms with Gasteiger partial charge in [0.25, 0.3) is 0 Å². The summed E-state index contributed by atoms with van der Waals surface area (Å²) < 4.78 is 23.4. The highest BCUT2D eigenvalue weighted by Crippen LogP contribution is 2.24. The summed E-state index contributed by atoms with van der Waals surface area (Å²) in [5, 5.41) is 10.1. The van der Waals surface area contributed by atoms with E-state index >= 15 is 0 Å². The summed E-state index contributed by atoms with van der Waals surface area (Å²) in [5.74, 6) is -0.484. The quantitative estimate of drug-likeness (QED) is 0.800. The number of anilines is 1. The molecule has 6 nitrogen and oxygen atoms in total. The van der Waals surface area contributed by atoms with Crippen LogP contribution in [-0.2, 0) is 0 Å². The van der Waals surface area contributed by atoms with Crippen molar-refractivity contribution in [2.75, 3.05) is 12.4 Å². The Balaban J connectivity index is 1.80. The van der Waals surface area contributed by atoms with E-state index in [1.165, 1.54) is 31.4 Å². The van der Waals surface area contributed by atoms with Crippen molar-refractivity contribution in [1.29, 1.82) is 0 Å². The Kier molecular flexibility index (Phi) is 4.01. The van der Waals surface area contributed by atoms with E-state index in [-0.39, 0.29) is 17.6 Å². The van der Waals surface area contributed by atoms with Crippen LogP contribution < -0.4 is 10.1 Å². The summed E-state index contributed by atoms with van der Waals surface area (Å²) in [6.07, 6.45) is 0. The van der Waals surface area contributed by atoms with Crippen LogP contribution in [0.1, 0.15) is 10.7 Å². The first-order chi connectivity index (χ1) is 11.2. The number of hydrogen-bond acceptors (Lipinski definition) is 5. The van der Waals surface area contributed by atoms with Gasteiger partial charge in [-0.3, -0.25) is 4.79 Å². The Morgan fingerprint density at radius 1 is 1.13 bits per heavy atom. The van der Waals surface area contributed by atoms with Crippen LogP contribution in [-0.4, -0.2) is 23.2 Å². The highest BCUT2D eigenvalue weighted by Gasteiger charge is 2.17. The molecule has 1 N–H and O–H groups in total. The Morgan fingerprint density at radius 2 is 1.87 bits per heavy atom. The van der Waals surface area contributed by atoms with Crippen LogP contribution in [0.4, 0.5) is 10.1 Å². The van der Waals surface area contributed by atoms with Crippen LogP contribution in [0.5, 0.6) is 5.75 Å². The second kappa shape index (κ2) is 6.27. The monoisotopic (exact) mass is 313 g/mol. The molecule has 1 heterocycles. The maximum absolute atomic E-state index is 12.9. The van der Waals surface area contributed by atoms with Gasteiger partial charge >= 0.3 is 11.8 Å². The van der Waals surface area contributed by atoms with Crippen molar-refractivity contribution >= 4 is 11.6 Å². The number of carbonyl (C=O) groups is 1. The molecule has 7 heteroatoms. The van der Waals surface area contributed by atoms with Crippen molar-refractivity contribution < 1.29 is 18.3 Å². The maximum atomic E-state index is 12.9. The summed E-state index contributed by atoms with van der Waals surface area (Å²) in [5.41, 5.74) is 1.01. The molecule has 0 aliphatic heterocycles. The van der Waals surface area contributed by atoms with Gasteiger partial charge in [0.2, 0.25) is 5.89 Å². The number of halogens is 1. The van der Waals surface area contributed by atoms with Gasteiger partial charge in [0.1, 0.15) is 11.6 Å². The van der Waals surface area contributed by atoms with Crippen molar-refractivity contribution in [1.82, 2.24) is 10.2 Å². The molecule has 0 saturated heterocycles. The van der Waals surface area contributed by atoms with Crippen LogP contribution in [0.2, 0.25) is 0 Å². The third kappa shape index (κ3) is 3.18. The van der Waals surface area contributed by atoms with E-state index in [2.05, 4.69) is 15.5 Å².